The normalized spacial score (nSPS) is 10.1. The molecule has 0 saturated heterocycles. The van der Waals surface area contributed by atoms with Gasteiger partial charge in [0.05, 0.1) is 5.01 Å². The Morgan fingerprint density at radius 3 is 2.68 bits per heavy atom. The molecule has 0 atom stereocenters. The molecule has 2 rings (SSSR count). The molecule has 2 aromatic rings. The summed E-state index contributed by atoms with van der Waals surface area (Å²) in [5.74, 6) is 0.000208. The zero-order valence-corrected chi connectivity index (χ0v) is 14.3. The number of amides is 1. The first-order valence-electron chi connectivity index (χ1n) is 7.22. The fourth-order valence-electron chi connectivity index (χ4n) is 2.14. The molecule has 0 spiro atoms. The van der Waals surface area contributed by atoms with E-state index in [0.29, 0.717) is 18.8 Å². The van der Waals surface area contributed by atoms with Gasteiger partial charge in [0, 0.05) is 24.9 Å². The molecule has 0 bridgehead atoms. The van der Waals surface area contributed by atoms with Gasteiger partial charge in [0.15, 0.2) is 0 Å². The van der Waals surface area contributed by atoms with Crippen molar-refractivity contribution in [1.29, 1.82) is 0 Å². The van der Waals surface area contributed by atoms with E-state index in [1.807, 2.05) is 40.6 Å². The molecule has 0 aliphatic carbocycles. The molecule has 1 amide bonds. The van der Waals surface area contributed by atoms with E-state index in [0.717, 1.165) is 30.0 Å². The summed E-state index contributed by atoms with van der Waals surface area (Å²) in [5, 5.41) is 2.76. The Kier molecular flexibility index (Phi) is 8.09. The van der Waals surface area contributed by atoms with E-state index in [2.05, 4.69) is 11.9 Å². The number of nitrogens with two attached hydrogens (primary N) is 1. The quantitative estimate of drug-likeness (QED) is 0.843. The Labute approximate surface area is 141 Å². The van der Waals surface area contributed by atoms with E-state index in [-0.39, 0.29) is 18.3 Å². The van der Waals surface area contributed by atoms with Gasteiger partial charge in [0.2, 0.25) is 0 Å². The zero-order valence-electron chi connectivity index (χ0n) is 12.7. The Balaban J connectivity index is 0.00000242. The number of carbonyl (C=O) groups is 1. The van der Waals surface area contributed by atoms with Crippen molar-refractivity contribution in [1.82, 2.24) is 9.88 Å². The van der Waals surface area contributed by atoms with Crippen LogP contribution < -0.4 is 5.73 Å². The third kappa shape index (κ3) is 5.09. The van der Waals surface area contributed by atoms with Crippen LogP contribution >= 0.6 is 23.7 Å². The Morgan fingerprint density at radius 2 is 2.05 bits per heavy atom. The lowest BCUT2D eigenvalue weighted by Crippen LogP contribution is -2.31. The van der Waals surface area contributed by atoms with Gasteiger partial charge < -0.3 is 10.6 Å². The number of carbonyl (C=O) groups excluding carboxylic acids is 1. The molecule has 0 aliphatic heterocycles. The van der Waals surface area contributed by atoms with Gasteiger partial charge >= 0.3 is 0 Å². The Bertz CT molecular complexity index is 574. The average molecular weight is 340 g/mol. The Morgan fingerprint density at radius 1 is 1.32 bits per heavy atom. The van der Waals surface area contributed by atoms with E-state index in [9.17, 15) is 4.79 Å². The first-order valence-corrected chi connectivity index (χ1v) is 8.10. The minimum atomic E-state index is 0. The van der Waals surface area contributed by atoms with Crippen molar-refractivity contribution in [3.8, 4) is 0 Å². The minimum Gasteiger partial charge on any atom is -0.333 e. The SMILES string of the molecule is CCCN(Cc1ccccc1)C(=O)c1csc(CCN)n1.Cl. The van der Waals surface area contributed by atoms with Crippen LogP contribution in [0.5, 0.6) is 0 Å². The van der Waals surface area contributed by atoms with Crippen LogP contribution in [0, 0.1) is 0 Å². The van der Waals surface area contributed by atoms with Gasteiger partial charge in [-0.15, -0.1) is 23.7 Å². The van der Waals surface area contributed by atoms with E-state index in [4.69, 9.17) is 5.73 Å². The van der Waals surface area contributed by atoms with E-state index in [1.54, 1.807) is 0 Å². The molecule has 0 aliphatic rings. The van der Waals surface area contributed by atoms with Crippen molar-refractivity contribution in [2.75, 3.05) is 13.1 Å². The molecular formula is C16H22ClN3OS. The van der Waals surface area contributed by atoms with Crippen molar-refractivity contribution < 1.29 is 4.79 Å². The summed E-state index contributed by atoms with van der Waals surface area (Å²) in [6.45, 7) is 3.99. The maximum atomic E-state index is 12.6. The lowest BCUT2D eigenvalue weighted by Gasteiger charge is -2.21. The third-order valence-corrected chi connectivity index (χ3v) is 4.03. The monoisotopic (exact) mass is 339 g/mol. The molecule has 0 saturated carbocycles. The smallest absolute Gasteiger partial charge is 0.273 e. The zero-order chi connectivity index (χ0) is 15.1. The lowest BCUT2D eigenvalue weighted by atomic mass is 10.2. The molecule has 2 N–H and O–H groups in total. The number of hydrogen-bond donors (Lipinski definition) is 1. The number of aromatic nitrogens is 1. The van der Waals surface area contributed by atoms with Gasteiger partial charge in [-0.1, -0.05) is 37.3 Å². The van der Waals surface area contributed by atoms with Gasteiger partial charge in [-0.05, 0) is 18.5 Å². The summed E-state index contributed by atoms with van der Waals surface area (Å²) < 4.78 is 0. The summed E-state index contributed by atoms with van der Waals surface area (Å²) in [6.07, 6.45) is 1.66. The highest BCUT2D eigenvalue weighted by Crippen LogP contribution is 2.14. The summed E-state index contributed by atoms with van der Waals surface area (Å²) in [6, 6.07) is 10.0. The molecule has 1 heterocycles. The predicted molar refractivity (Wildman–Crippen MR) is 93.6 cm³/mol. The first-order chi connectivity index (χ1) is 10.2. The van der Waals surface area contributed by atoms with Crippen LogP contribution in [-0.4, -0.2) is 28.9 Å². The molecule has 1 aromatic heterocycles. The maximum Gasteiger partial charge on any atom is 0.273 e. The van der Waals surface area contributed by atoms with E-state index >= 15 is 0 Å². The Hall–Kier alpha value is -1.43. The van der Waals surface area contributed by atoms with Crippen molar-refractivity contribution in [3.05, 3.63) is 52.0 Å². The maximum absolute atomic E-state index is 12.6. The van der Waals surface area contributed by atoms with Crippen LogP contribution in [0.25, 0.3) is 0 Å². The molecule has 1 aromatic carbocycles. The highest BCUT2D eigenvalue weighted by Gasteiger charge is 2.18. The standard InChI is InChI=1S/C16H21N3OS.ClH/c1-2-10-19(11-13-6-4-3-5-7-13)16(20)14-12-21-15(18-14)8-9-17;/h3-7,12H,2,8-11,17H2,1H3;1H. The first kappa shape index (κ1) is 18.6. The van der Waals surface area contributed by atoms with Crippen LogP contribution in [0.1, 0.15) is 34.4 Å². The van der Waals surface area contributed by atoms with E-state index < -0.39 is 0 Å². The molecule has 120 valence electrons. The second kappa shape index (κ2) is 9.56. The van der Waals surface area contributed by atoms with Crippen molar-refractivity contribution in [2.24, 2.45) is 5.73 Å². The van der Waals surface area contributed by atoms with Crippen LogP contribution in [-0.2, 0) is 13.0 Å². The highest BCUT2D eigenvalue weighted by atomic mass is 35.5. The van der Waals surface area contributed by atoms with Crippen molar-refractivity contribution in [3.63, 3.8) is 0 Å². The second-order valence-corrected chi connectivity index (χ2v) is 5.82. The predicted octanol–water partition coefficient (Wildman–Crippen LogP) is 3.12. The van der Waals surface area contributed by atoms with Crippen LogP contribution in [0.3, 0.4) is 0 Å². The van der Waals surface area contributed by atoms with Gasteiger partial charge in [-0.2, -0.15) is 0 Å². The largest absolute Gasteiger partial charge is 0.333 e. The topological polar surface area (TPSA) is 59.2 Å². The fraction of sp³-hybridized carbons (Fsp3) is 0.375. The molecule has 0 radical (unpaired) electrons. The van der Waals surface area contributed by atoms with Crippen molar-refractivity contribution >= 4 is 29.7 Å². The van der Waals surface area contributed by atoms with Gasteiger partial charge in [-0.3, -0.25) is 4.79 Å². The molecular weight excluding hydrogens is 318 g/mol. The van der Waals surface area contributed by atoms with Crippen LogP contribution in [0.2, 0.25) is 0 Å². The fourth-order valence-corrected chi connectivity index (χ4v) is 2.92. The molecule has 22 heavy (non-hydrogen) atoms. The number of benzene rings is 1. The van der Waals surface area contributed by atoms with E-state index in [1.165, 1.54) is 11.3 Å². The van der Waals surface area contributed by atoms with Gasteiger partial charge in [-0.25, -0.2) is 4.98 Å². The van der Waals surface area contributed by atoms with Gasteiger partial charge in [0.25, 0.3) is 5.91 Å². The third-order valence-electron chi connectivity index (χ3n) is 3.13. The summed E-state index contributed by atoms with van der Waals surface area (Å²) >= 11 is 1.51. The summed E-state index contributed by atoms with van der Waals surface area (Å²) in [7, 11) is 0. The van der Waals surface area contributed by atoms with Crippen LogP contribution in [0.4, 0.5) is 0 Å². The van der Waals surface area contributed by atoms with Crippen molar-refractivity contribution in [2.45, 2.75) is 26.3 Å². The number of halogens is 1. The average Bonchev–Trinajstić information content (AvgIpc) is 2.96. The molecule has 0 fully saturated rings. The lowest BCUT2D eigenvalue weighted by molar-refractivity contribution is 0.0738. The number of hydrogen-bond acceptors (Lipinski definition) is 4. The molecule has 4 nitrogen and oxygen atoms in total. The number of thiazole rings is 1. The molecule has 6 heteroatoms. The number of rotatable bonds is 7. The second-order valence-electron chi connectivity index (χ2n) is 4.88. The molecule has 0 unspecified atom stereocenters. The van der Waals surface area contributed by atoms with Gasteiger partial charge in [0.1, 0.15) is 5.69 Å². The summed E-state index contributed by atoms with van der Waals surface area (Å²) in [4.78, 5) is 18.8. The summed E-state index contributed by atoms with van der Waals surface area (Å²) in [5.41, 5.74) is 7.20. The number of nitrogens with zero attached hydrogens (tertiary/aromatic N) is 2. The van der Waals surface area contributed by atoms with Crippen LogP contribution in [0.15, 0.2) is 35.7 Å². The highest BCUT2D eigenvalue weighted by molar-refractivity contribution is 7.09. The minimum absolute atomic E-state index is 0.